The molecule has 1 fully saturated rings. The standard InChI is InChI=1S/C18H24/c1-5-7-18-16(12-15-10-13(3)11-15)9-8-14(4)17(18)6-2/h5-9,13,15H,2,10-12H2,1,3-4H3/b7-5-. The van der Waals surface area contributed by atoms with Crippen LogP contribution in [0.5, 0.6) is 0 Å². The van der Waals surface area contributed by atoms with Crippen LogP contribution in [-0.2, 0) is 6.42 Å². The van der Waals surface area contributed by atoms with Crippen LogP contribution in [0.15, 0.2) is 24.8 Å². The minimum atomic E-state index is 0.893. The first kappa shape index (κ1) is 13.1. The topological polar surface area (TPSA) is 0 Å². The van der Waals surface area contributed by atoms with E-state index in [1.54, 1.807) is 0 Å². The van der Waals surface area contributed by atoms with Gasteiger partial charge in [0.15, 0.2) is 0 Å². The van der Waals surface area contributed by atoms with E-state index in [9.17, 15) is 0 Å². The summed E-state index contributed by atoms with van der Waals surface area (Å²) in [6, 6.07) is 4.54. The maximum atomic E-state index is 3.97. The first-order chi connectivity index (χ1) is 8.65. The monoisotopic (exact) mass is 240 g/mol. The summed E-state index contributed by atoms with van der Waals surface area (Å²) in [5.41, 5.74) is 5.50. The zero-order valence-electron chi connectivity index (χ0n) is 11.9. The number of aryl methyl sites for hydroxylation is 1. The molecular formula is C18H24. The Morgan fingerprint density at radius 3 is 2.56 bits per heavy atom. The van der Waals surface area contributed by atoms with Gasteiger partial charge >= 0.3 is 0 Å². The van der Waals surface area contributed by atoms with E-state index in [0.29, 0.717) is 0 Å². The van der Waals surface area contributed by atoms with Gasteiger partial charge in [0.2, 0.25) is 0 Å². The Labute approximate surface area is 111 Å². The lowest BCUT2D eigenvalue weighted by atomic mass is 9.72. The van der Waals surface area contributed by atoms with Crippen molar-refractivity contribution in [3.63, 3.8) is 0 Å². The van der Waals surface area contributed by atoms with Gasteiger partial charge in [0.1, 0.15) is 0 Å². The molecule has 0 aromatic heterocycles. The van der Waals surface area contributed by atoms with Gasteiger partial charge in [0.05, 0.1) is 0 Å². The average Bonchev–Trinajstić information content (AvgIpc) is 2.31. The molecule has 0 bridgehead atoms. The van der Waals surface area contributed by atoms with E-state index in [2.05, 4.69) is 51.6 Å². The molecule has 0 N–H and O–H groups in total. The second-order valence-corrected chi connectivity index (χ2v) is 5.72. The van der Waals surface area contributed by atoms with Crippen LogP contribution in [0.2, 0.25) is 0 Å². The van der Waals surface area contributed by atoms with Crippen molar-refractivity contribution in [3.05, 3.63) is 47.0 Å². The van der Waals surface area contributed by atoms with Gasteiger partial charge in [-0.3, -0.25) is 0 Å². The highest BCUT2D eigenvalue weighted by atomic mass is 14.3. The fraction of sp³-hybridized carbons (Fsp3) is 0.444. The quantitative estimate of drug-likeness (QED) is 0.673. The third kappa shape index (κ3) is 2.58. The Morgan fingerprint density at radius 2 is 2.00 bits per heavy atom. The molecule has 96 valence electrons. The molecule has 0 spiro atoms. The van der Waals surface area contributed by atoms with Crippen molar-refractivity contribution in [1.82, 2.24) is 0 Å². The molecule has 0 atom stereocenters. The zero-order chi connectivity index (χ0) is 13.1. The molecule has 0 aliphatic heterocycles. The predicted octanol–water partition coefficient (Wildman–Crippen LogP) is 5.26. The van der Waals surface area contributed by atoms with Crippen molar-refractivity contribution in [2.45, 2.75) is 40.0 Å². The van der Waals surface area contributed by atoms with Gasteiger partial charge < -0.3 is 0 Å². The first-order valence-corrected chi connectivity index (χ1v) is 7.03. The van der Waals surface area contributed by atoms with Crippen molar-refractivity contribution in [3.8, 4) is 0 Å². The minimum absolute atomic E-state index is 0.893. The smallest absolute Gasteiger partial charge is 0.0153 e. The van der Waals surface area contributed by atoms with Gasteiger partial charge in [-0.1, -0.05) is 43.9 Å². The highest BCUT2D eigenvalue weighted by molar-refractivity contribution is 5.69. The molecule has 1 aromatic carbocycles. The molecule has 1 saturated carbocycles. The molecule has 0 amide bonds. The average molecular weight is 240 g/mol. The molecule has 0 nitrogen and oxygen atoms in total. The number of hydrogen-bond acceptors (Lipinski definition) is 0. The van der Waals surface area contributed by atoms with Crippen LogP contribution >= 0.6 is 0 Å². The van der Waals surface area contributed by atoms with Crippen molar-refractivity contribution < 1.29 is 0 Å². The summed E-state index contributed by atoms with van der Waals surface area (Å²) in [6.45, 7) is 10.6. The van der Waals surface area contributed by atoms with E-state index in [1.165, 1.54) is 41.5 Å². The Kier molecular flexibility index (Phi) is 4.06. The van der Waals surface area contributed by atoms with Crippen LogP contribution in [0.25, 0.3) is 12.2 Å². The summed E-state index contributed by atoms with van der Waals surface area (Å²) in [7, 11) is 0. The van der Waals surface area contributed by atoms with E-state index in [1.807, 2.05) is 6.08 Å². The largest absolute Gasteiger partial charge is 0.0984 e. The normalized spacial score (nSPS) is 23.1. The zero-order valence-corrected chi connectivity index (χ0v) is 11.9. The van der Waals surface area contributed by atoms with Gasteiger partial charge in [0.25, 0.3) is 0 Å². The Bertz CT molecular complexity index is 459. The summed E-state index contributed by atoms with van der Waals surface area (Å²) in [6.07, 6.45) is 10.4. The van der Waals surface area contributed by atoms with Gasteiger partial charge in [-0.15, -0.1) is 0 Å². The molecule has 2 rings (SSSR count). The number of rotatable bonds is 4. The van der Waals surface area contributed by atoms with E-state index in [-0.39, 0.29) is 0 Å². The molecule has 1 aromatic rings. The second-order valence-electron chi connectivity index (χ2n) is 5.72. The van der Waals surface area contributed by atoms with E-state index in [4.69, 9.17) is 0 Å². The molecule has 1 aliphatic carbocycles. The Hall–Kier alpha value is -1.30. The van der Waals surface area contributed by atoms with Crippen molar-refractivity contribution in [2.75, 3.05) is 0 Å². The van der Waals surface area contributed by atoms with Crippen LogP contribution < -0.4 is 0 Å². The highest BCUT2D eigenvalue weighted by Crippen LogP contribution is 2.37. The molecule has 0 heterocycles. The fourth-order valence-corrected chi connectivity index (χ4v) is 3.15. The molecule has 0 radical (unpaired) electrons. The van der Waals surface area contributed by atoms with Crippen molar-refractivity contribution in [2.24, 2.45) is 11.8 Å². The third-order valence-electron chi connectivity index (χ3n) is 4.11. The van der Waals surface area contributed by atoms with Gasteiger partial charge in [-0.05, 0) is 67.2 Å². The Balaban J connectivity index is 2.31. The molecular weight excluding hydrogens is 216 g/mol. The summed E-state index contributed by atoms with van der Waals surface area (Å²) in [5, 5.41) is 0. The van der Waals surface area contributed by atoms with Crippen LogP contribution in [-0.4, -0.2) is 0 Å². The lowest BCUT2D eigenvalue weighted by molar-refractivity contribution is 0.211. The maximum absolute atomic E-state index is 3.97. The summed E-state index contributed by atoms with van der Waals surface area (Å²) in [5.74, 6) is 1.83. The number of allylic oxidation sites excluding steroid dienone is 1. The summed E-state index contributed by atoms with van der Waals surface area (Å²) < 4.78 is 0. The maximum Gasteiger partial charge on any atom is -0.0153 e. The lowest BCUT2D eigenvalue weighted by Crippen LogP contribution is -2.23. The van der Waals surface area contributed by atoms with E-state index < -0.39 is 0 Å². The van der Waals surface area contributed by atoms with Crippen LogP contribution in [0.3, 0.4) is 0 Å². The van der Waals surface area contributed by atoms with Crippen molar-refractivity contribution in [1.29, 1.82) is 0 Å². The highest BCUT2D eigenvalue weighted by Gasteiger charge is 2.26. The summed E-state index contributed by atoms with van der Waals surface area (Å²) >= 11 is 0. The third-order valence-corrected chi connectivity index (χ3v) is 4.11. The minimum Gasteiger partial charge on any atom is -0.0984 e. The molecule has 0 saturated heterocycles. The van der Waals surface area contributed by atoms with Gasteiger partial charge in [-0.25, -0.2) is 0 Å². The molecule has 1 aliphatic rings. The lowest BCUT2D eigenvalue weighted by Gasteiger charge is -2.33. The second kappa shape index (κ2) is 5.56. The SMILES string of the molecule is C=Cc1c(C)ccc(CC2CC(C)C2)c1/C=C\C. The number of hydrogen-bond donors (Lipinski definition) is 0. The number of benzene rings is 1. The van der Waals surface area contributed by atoms with Crippen LogP contribution in [0.1, 0.15) is 48.9 Å². The van der Waals surface area contributed by atoms with Crippen LogP contribution in [0.4, 0.5) is 0 Å². The van der Waals surface area contributed by atoms with Gasteiger partial charge in [0, 0.05) is 0 Å². The van der Waals surface area contributed by atoms with E-state index in [0.717, 1.165) is 11.8 Å². The van der Waals surface area contributed by atoms with Crippen molar-refractivity contribution >= 4 is 12.2 Å². The summed E-state index contributed by atoms with van der Waals surface area (Å²) in [4.78, 5) is 0. The fourth-order valence-electron chi connectivity index (χ4n) is 3.15. The predicted molar refractivity (Wildman–Crippen MR) is 81.6 cm³/mol. The first-order valence-electron chi connectivity index (χ1n) is 7.03. The molecule has 18 heavy (non-hydrogen) atoms. The van der Waals surface area contributed by atoms with Crippen LogP contribution in [0, 0.1) is 18.8 Å². The van der Waals surface area contributed by atoms with Gasteiger partial charge in [-0.2, -0.15) is 0 Å². The molecule has 0 unspecified atom stereocenters. The molecule has 0 heteroatoms. The van der Waals surface area contributed by atoms with E-state index >= 15 is 0 Å². The Morgan fingerprint density at radius 1 is 1.28 bits per heavy atom.